The van der Waals surface area contributed by atoms with Crippen molar-refractivity contribution in [3.8, 4) is 0 Å². The second-order valence-corrected chi connectivity index (χ2v) is 11.0. The topological polar surface area (TPSA) is 54.8 Å². The first-order chi connectivity index (χ1) is 16.8. The Labute approximate surface area is 211 Å². The molecule has 0 N–H and O–H groups in total. The van der Waals surface area contributed by atoms with Crippen LogP contribution in [0.5, 0.6) is 0 Å². The monoisotopic (exact) mass is 481 g/mol. The molecular weight excluding hydrogens is 438 g/mol. The lowest BCUT2D eigenvalue weighted by molar-refractivity contribution is -0.144. The van der Waals surface area contributed by atoms with Crippen molar-refractivity contribution < 1.29 is 14.3 Å². The Kier molecular flexibility index (Phi) is 9.96. The standard InChI is InChI=1S/C29H43N3O3/c1-29(2,3)20-27(33)31(18-19-35-4)23-28(34)32(25-14-9-6-10-15-25)22-26-16-11-17-30(26)21-24-12-7-5-8-13-24/h5,7-8,11-13,16-17,25H,6,9-10,14-15,18-23H2,1-4H3. The highest BCUT2D eigenvalue weighted by atomic mass is 16.5. The van der Waals surface area contributed by atoms with E-state index >= 15 is 0 Å². The molecule has 1 heterocycles. The van der Waals surface area contributed by atoms with Crippen LogP contribution >= 0.6 is 0 Å². The first-order valence-corrected chi connectivity index (χ1v) is 13.0. The van der Waals surface area contributed by atoms with Gasteiger partial charge in [-0.2, -0.15) is 0 Å². The van der Waals surface area contributed by atoms with E-state index in [4.69, 9.17) is 4.74 Å². The molecule has 0 aliphatic heterocycles. The molecule has 35 heavy (non-hydrogen) atoms. The first kappa shape index (κ1) is 27.0. The zero-order valence-corrected chi connectivity index (χ0v) is 22.0. The van der Waals surface area contributed by atoms with Gasteiger partial charge in [0.25, 0.3) is 0 Å². The van der Waals surface area contributed by atoms with Crippen molar-refractivity contribution >= 4 is 11.8 Å². The lowest BCUT2D eigenvalue weighted by atomic mass is 9.91. The van der Waals surface area contributed by atoms with Crippen LogP contribution in [-0.2, 0) is 27.4 Å². The summed E-state index contributed by atoms with van der Waals surface area (Å²) < 4.78 is 7.47. The summed E-state index contributed by atoms with van der Waals surface area (Å²) in [5, 5.41) is 0. The molecule has 6 heteroatoms. The van der Waals surface area contributed by atoms with Gasteiger partial charge in [-0.1, -0.05) is 70.4 Å². The van der Waals surface area contributed by atoms with Crippen LogP contribution in [0.15, 0.2) is 48.7 Å². The Bertz CT molecular complexity index is 926. The SMILES string of the molecule is COCCN(CC(=O)N(Cc1cccn1Cc1ccccc1)C1CCCCC1)C(=O)CC(C)(C)C. The van der Waals surface area contributed by atoms with Gasteiger partial charge in [0.1, 0.15) is 0 Å². The number of amides is 2. The first-order valence-electron chi connectivity index (χ1n) is 13.0. The lowest BCUT2D eigenvalue weighted by Crippen LogP contribution is -2.48. The smallest absolute Gasteiger partial charge is 0.242 e. The molecule has 1 aromatic carbocycles. The maximum absolute atomic E-state index is 13.8. The van der Waals surface area contributed by atoms with Gasteiger partial charge in [-0.15, -0.1) is 0 Å². The minimum Gasteiger partial charge on any atom is -0.383 e. The number of rotatable bonds is 11. The number of benzene rings is 1. The van der Waals surface area contributed by atoms with E-state index in [1.807, 2.05) is 11.0 Å². The number of hydrogen-bond donors (Lipinski definition) is 0. The van der Waals surface area contributed by atoms with Gasteiger partial charge in [0, 0.05) is 44.6 Å². The Hall–Kier alpha value is -2.60. The van der Waals surface area contributed by atoms with Crippen molar-refractivity contribution in [3.63, 3.8) is 0 Å². The summed E-state index contributed by atoms with van der Waals surface area (Å²) in [7, 11) is 1.63. The molecule has 3 rings (SSSR count). The van der Waals surface area contributed by atoms with E-state index in [0.29, 0.717) is 26.1 Å². The second-order valence-electron chi connectivity index (χ2n) is 11.0. The van der Waals surface area contributed by atoms with Crippen molar-refractivity contribution in [3.05, 3.63) is 59.9 Å². The van der Waals surface area contributed by atoms with Gasteiger partial charge < -0.3 is 19.1 Å². The van der Waals surface area contributed by atoms with E-state index in [1.54, 1.807) is 12.0 Å². The third kappa shape index (κ3) is 8.53. The summed E-state index contributed by atoms with van der Waals surface area (Å²) >= 11 is 0. The molecule has 0 bridgehead atoms. The number of carbonyl (C=O) groups is 2. The average molecular weight is 482 g/mol. The summed E-state index contributed by atoms with van der Waals surface area (Å²) in [5.41, 5.74) is 2.23. The molecule has 0 atom stereocenters. The van der Waals surface area contributed by atoms with E-state index in [1.165, 1.54) is 12.0 Å². The Morgan fingerprint density at radius 1 is 1.00 bits per heavy atom. The molecule has 6 nitrogen and oxygen atoms in total. The van der Waals surface area contributed by atoms with Crippen LogP contribution in [0, 0.1) is 5.41 Å². The van der Waals surface area contributed by atoms with Gasteiger partial charge in [0.15, 0.2) is 0 Å². The molecular formula is C29H43N3O3. The molecule has 1 aliphatic carbocycles. The zero-order chi connectivity index (χ0) is 25.3. The van der Waals surface area contributed by atoms with E-state index in [2.05, 4.69) is 67.9 Å². The Balaban J connectivity index is 1.78. The summed E-state index contributed by atoms with van der Waals surface area (Å²) in [4.78, 5) is 30.6. The van der Waals surface area contributed by atoms with Gasteiger partial charge in [-0.05, 0) is 36.0 Å². The summed E-state index contributed by atoms with van der Waals surface area (Å²) in [5.74, 6) is 0.0432. The maximum Gasteiger partial charge on any atom is 0.242 e. The summed E-state index contributed by atoms with van der Waals surface area (Å²) in [6.45, 7) is 8.46. The quantitative estimate of drug-likeness (QED) is 0.448. The number of methoxy groups -OCH3 is 1. The summed E-state index contributed by atoms with van der Waals surface area (Å²) in [6, 6.07) is 14.8. The Morgan fingerprint density at radius 3 is 2.37 bits per heavy atom. The van der Waals surface area contributed by atoms with Gasteiger partial charge >= 0.3 is 0 Å². The van der Waals surface area contributed by atoms with Gasteiger partial charge in [0.2, 0.25) is 11.8 Å². The normalized spacial score (nSPS) is 14.6. The zero-order valence-electron chi connectivity index (χ0n) is 22.0. The van der Waals surface area contributed by atoms with Crippen molar-refractivity contribution in [2.75, 3.05) is 26.8 Å². The molecule has 1 aromatic heterocycles. The average Bonchev–Trinajstić information content (AvgIpc) is 3.26. The largest absolute Gasteiger partial charge is 0.383 e. The molecule has 2 aromatic rings. The van der Waals surface area contributed by atoms with E-state index in [9.17, 15) is 9.59 Å². The van der Waals surface area contributed by atoms with Crippen LogP contribution in [-0.4, -0.2) is 59.0 Å². The molecule has 0 unspecified atom stereocenters. The van der Waals surface area contributed by atoms with Crippen molar-refractivity contribution in [1.82, 2.24) is 14.4 Å². The van der Waals surface area contributed by atoms with Crippen LogP contribution in [0.4, 0.5) is 0 Å². The maximum atomic E-state index is 13.8. The molecule has 0 saturated heterocycles. The van der Waals surface area contributed by atoms with E-state index in [-0.39, 0.29) is 29.8 Å². The van der Waals surface area contributed by atoms with Gasteiger partial charge in [-0.3, -0.25) is 9.59 Å². The van der Waals surface area contributed by atoms with Crippen LogP contribution in [0.2, 0.25) is 0 Å². The number of hydrogen-bond acceptors (Lipinski definition) is 3. The van der Waals surface area contributed by atoms with Crippen LogP contribution in [0.3, 0.4) is 0 Å². The third-order valence-electron chi connectivity index (χ3n) is 6.71. The fourth-order valence-electron chi connectivity index (χ4n) is 4.83. The van der Waals surface area contributed by atoms with Crippen molar-refractivity contribution in [2.45, 2.75) is 78.4 Å². The highest BCUT2D eigenvalue weighted by molar-refractivity contribution is 5.85. The predicted octanol–water partition coefficient (Wildman–Crippen LogP) is 5.11. The lowest BCUT2D eigenvalue weighted by Gasteiger charge is -2.36. The molecule has 192 valence electrons. The van der Waals surface area contributed by atoms with Gasteiger partial charge in [0.05, 0.1) is 19.7 Å². The fraction of sp³-hybridized carbons (Fsp3) is 0.586. The number of aromatic nitrogens is 1. The molecule has 1 aliphatic rings. The van der Waals surface area contributed by atoms with Crippen molar-refractivity contribution in [2.24, 2.45) is 5.41 Å². The molecule has 0 radical (unpaired) electrons. The van der Waals surface area contributed by atoms with E-state index < -0.39 is 0 Å². The minimum atomic E-state index is -0.132. The van der Waals surface area contributed by atoms with Gasteiger partial charge in [-0.25, -0.2) is 0 Å². The highest BCUT2D eigenvalue weighted by Crippen LogP contribution is 2.25. The predicted molar refractivity (Wildman–Crippen MR) is 140 cm³/mol. The van der Waals surface area contributed by atoms with Crippen LogP contribution < -0.4 is 0 Å². The summed E-state index contributed by atoms with van der Waals surface area (Å²) in [6.07, 6.45) is 8.08. The third-order valence-corrected chi connectivity index (χ3v) is 6.71. The molecule has 2 amide bonds. The number of carbonyl (C=O) groups excluding carboxylic acids is 2. The van der Waals surface area contributed by atoms with Crippen LogP contribution in [0.1, 0.15) is 70.6 Å². The minimum absolute atomic E-state index is 0.0129. The van der Waals surface area contributed by atoms with Crippen molar-refractivity contribution in [1.29, 1.82) is 0 Å². The molecule has 1 fully saturated rings. The van der Waals surface area contributed by atoms with E-state index in [0.717, 1.165) is 37.9 Å². The molecule has 0 spiro atoms. The fourth-order valence-corrected chi connectivity index (χ4v) is 4.83. The number of ether oxygens (including phenoxy) is 1. The molecule has 1 saturated carbocycles. The number of nitrogens with zero attached hydrogens (tertiary/aromatic N) is 3. The Morgan fingerprint density at radius 2 is 1.71 bits per heavy atom. The highest BCUT2D eigenvalue weighted by Gasteiger charge is 2.29. The van der Waals surface area contributed by atoms with Crippen LogP contribution in [0.25, 0.3) is 0 Å². The second kappa shape index (κ2) is 12.9.